The van der Waals surface area contributed by atoms with Gasteiger partial charge in [-0.15, -0.1) is 0 Å². The summed E-state index contributed by atoms with van der Waals surface area (Å²) in [5, 5.41) is 19.4. The maximum Gasteiger partial charge on any atom is 0.305 e. The molecule has 0 radical (unpaired) electrons. The third kappa shape index (κ3) is 33.7. The number of carbonyl (C=O) groups is 2. The first-order valence-electron chi connectivity index (χ1n) is 21.4. The van der Waals surface area contributed by atoms with Gasteiger partial charge >= 0.3 is 11.9 Å². The fourth-order valence-corrected chi connectivity index (χ4v) is 6.87. The van der Waals surface area contributed by atoms with Gasteiger partial charge in [0.15, 0.2) is 0 Å². The van der Waals surface area contributed by atoms with Crippen molar-refractivity contribution in [3.63, 3.8) is 0 Å². The summed E-state index contributed by atoms with van der Waals surface area (Å²) >= 11 is 0. The summed E-state index contributed by atoms with van der Waals surface area (Å²) in [6.07, 6.45) is 36.9. The maximum atomic E-state index is 12.3. The Hall–Kier alpha value is -1.18. The minimum Gasteiger partial charge on any atom is -0.460 e. The van der Waals surface area contributed by atoms with Gasteiger partial charge in [0.25, 0.3) is 0 Å². The van der Waals surface area contributed by atoms with Gasteiger partial charge in [0.05, 0.1) is 13.2 Å². The molecule has 0 rings (SSSR count). The molecular weight excluding hydrogens is 614 g/mol. The van der Waals surface area contributed by atoms with Gasteiger partial charge in [-0.1, -0.05) is 181 Å². The Balaban J connectivity index is 3.92. The highest BCUT2D eigenvalue weighted by molar-refractivity contribution is 5.69. The molecule has 49 heavy (non-hydrogen) atoms. The van der Waals surface area contributed by atoms with Crippen LogP contribution in [0.15, 0.2) is 0 Å². The molecule has 0 spiro atoms. The summed E-state index contributed by atoms with van der Waals surface area (Å²) in [5.74, 6) is -0.353. The quantitative estimate of drug-likeness (QED) is 0.0376. The van der Waals surface area contributed by atoms with Crippen LogP contribution in [0.1, 0.15) is 206 Å². The van der Waals surface area contributed by atoms with Gasteiger partial charge in [-0.05, 0) is 12.8 Å². The van der Waals surface area contributed by atoms with Crippen molar-refractivity contribution in [2.75, 3.05) is 52.6 Å². The first-order chi connectivity index (χ1) is 24.0. The molecule has 7 heteroatoms. The molecule has 0 heterocycles. The van der Waals surface area contributed by atoms with Gasteiger partial charge < -0.3 is 24.2 Å². The van der Waals surface area contributed by atoms with E-state index in [2.05, 4.69) is 13.8 Å². The van der Waals surface area contributed by atoms with E-state index in [-0.39, 0.29) is 38.4 Å². The van der Waals surface area contributed by atoms with Crippen LogP contribution in [0, 0.1) is 0 Å². The summed E-state index contributed by atoms with van der Waals surface area (Å²) in [7, 11) is 0. The molecule has 0 saturated carbocycles. The number of nitrogens with zero attached hydrogens (tertiary/aromatic N) is 1. The highest BCUT2D eigenvalue weighted by Crippen LogP contribution is 2.15. The number of ether oxygens (including phenoxy) is 2. The van der Waals surface area contributed by atoms with E-state index in [0.29, 0.717) is 43.5 Å². The Bertz CT molecular complexity index is 645. The molecule has 0 aliphatic carbocycles. The Labute approximate surface area is 304 Å². The molecule has 0 aromatic rings. The van der Waals surface area contributed by atoms with Crippen LogP contribution in [0.25, 0.3) is 0 Å². The predicted molar refractivity (Wildman–Crippen MR) is 206 cm³/mol. The molecule has 0 bridgehead atoms. The molecule has 0 saturated heterocycles. The van der Waals surface area contributed by atoms with Gasteiger partial charge in [0.2, 0.25) is 0 Å². The number of aliphatic hydroxyl groups excluding tert-OH is 2. The summed E-state index contributed by atoms with van der Waals surface area (Å²) < 4.78 is 11.4. The lowest BCUT2D eigenvalue weighted by molar-refractivity contribution is -0.928. The van der Waals surface area contributed by atoms with E-state index in [1.54, 1.807) is 0 Å². The number of rotatable bonds is 40. The number of hydrogen-bond donors (Lipinski definition) is 2. The van der Waals surface area contributed by atoms with E-state index >= 15 is 0 Å². The minimum absolute atomic E-state index is 0.0417. The zero-order valence-electron chi connectivity index (χ0n) is 32.8. The van der Waals surface area contributed by atoms with Crippen LogP contribution in [-0.4, -0.2) is 79.2 Å². The van der Waals surface area contributed by atoms with Crippen molar-refractivity contribution in [1.82, 2.24) is 0 Å². The fraction of sp³-hybridized carbons (Fsp3) is 0.952. The number of carbonyl (C=O) groups excluding carboxylic acids is 2. The topological polar surface area (TPSA) is 93.1 Å². The van der Waals surface area contributed by atoms with Crippen LogP contribution >= 0.6 is 0 Å². The van der Waals surface area contributed by atoms with E-state index in [0.717, 1.165) is 25.7 Å². The third-order valence-electron chi connectivity index (χ3n) is 10.3. The first kappa shape index (κ1) is 47.8. The first-order valence-corrected chi connectivity index (χ1v) is 21.4. The normalized spacial score (nSPS) is 11.7. The van der Waals surface area contributed by atoms with E-state index in [1.165, 1.54) is 154 Å². The lowest BCUT2D eigenvalue weighted by Gasteiger charge is -2.37. The second-order valence-electron chi connectivity index (χ2n) is 14.8. The number of esters is 2. The molecule has 0 aliphatic rings. The van der Waals surface area contributed by atoms with Crippen LogP contribution in [0.5, 0.6) is 0 Å². The van der Waals surface area contributed by atoms with Crippen molar-refractivity contribution in [3.8, 4) is 0 Å². The van der Waals surface area contributed by atoms with E-state index < -0.39 is 0 Å². The third-order valence-corrected chi connectivity index (χ3v) is 10.3. The molecule has 2 N–H and O–H groups in total. The van der Waals surface area contributed by atoms with Crippen LogP contribution in [-0.2, 0) is 19.1 Å². The molecule has 292 valence electrons. The van der Waals surface area contributed by atoms with Crippen LogP contribution < -0.4 is 0 Å². The molecule has 0 fully saturated rings. The Morgan fingerprint density at radius 1 is 0.388 bits per heavy atom. The van der Waals surface area contributed by atoms with Gasteiger partial charge in [-0.2, -0.15) is 0 Å². The minimum atomic E-state index is -0.176. The number of aliphatic hydroxyl groups is 2. The average Bonchev–Trinajstić information content (AvgIpc) is 3.08. The predicted octanol–water partition coefficient (Wildman–Crippen LogP) is 10.6. The second kappa shape index (κ2) is 38.1. The second-order valence-corrected chi connectivity index (χ2v) is 14.8. The summed E-state index contributed by atoms with van der Waals surface area (Å²) in [6, 6.07) is 0. The van der Waals surface area contributed by atoms with Crippen molar-refractivity contribution in [2.45, 2.75) is 206 Å². The number of quaternary nitrogens is 1. The lowest BCUT2D eigenvalue weighted by atomic mass is 10.0. The molecule has 0 unspecified atom stereocenters. The zero-order chi connectivity index (χ0) is 35.9. The summed E-state index contributed by atoms with van der Waals surface area (Å²) in [5.41, 5.74) is 0. The zero-order valence-corrected chi connectivity index (χ0v) is 32.8. The SMILES string of the molecule is CCCCCCCCCCCCCCCCC(=O)OCC[N+](CCO)(CCO)CCOC(=O)CCCCCCCCCCCCCCCC. The maximum absolute atomic E-state index is 12.3. The van der Waals surface area contributed by atoms with E-state index in [4.69, 9.17) is 9.47 Å². The molecule has 0 aliphatic heterocycles. The Kier molecular flexibility index (Phi) is 37.1. The van der Waals surface area contributed by atoms with Crippen LogP contribution in [0.3, 0.4) is 0 Å². The van der Waals surface area contributed by atoms with E-state index in [9.17, 15) is 19.8 Å². The van der Waals surface area contributed by atoms with Gasteiger partial charge in [0.1, 0.15) is 39.4 Å². The highest BCUT2D eigenvalue weighted by Gasteiger charge is 2.27. The molecule has 7 nitrogen and oxygen atoms in total. The number of unbranched alkanes of at least 4 members (excludes halogenated alkanes) is 26. The Morgan fingerprint density at radius 2 is 0.633 bits per heavy atom. The van der Waals surface area contributed by atoms with Crippen molar-refractivity contribution < 1.29 is 33.8 Å². The largest absolute Gasteiger partial charge is 0.460 e. The van der Waals surface area contributed by atoms with Crippen molar-refractivity contribution in [2.24, 2.45) is 0 Å². The smallest absolute Gasteiger partial charge is 0.305 e. The van der Waals surface area contributed by atoms with E-state index in [1.807, 2.05) is 0 Å². The molecular formula is C42H84NO6+. The van der Waals surface area contributed by atoms with Gasteiger partial charge in [-0.25, -0.2) is 0 Å². The van der Waals surface area contributed by atoms with Crippen molar-refractivity contribution in [1.29, 1.82) is 0 Å². The summed E-state index contributed by atoms with van der Waals surface area (Å²) in [6.45, 7) is 6.76. The average molecular weight is 699 g/mol. The Morgan fingerprint density at radius 3 is 0.878 bits per heavy atom. The van der Waals surface area contributed by atoms with Gasteiger partial charge in [-0.3, -0.25) is 9.59 Å². The molecule has 0 aromatic heterocycles. The monoisotopic (exact) mass is 699 g/mol. The molecule has 0 amide bonds. The molecule has 0 aromatic carbocycles. The lowest BCUT2D eigenvalue weighted by Crippen LogP contribution is -2.55. The fourth-order valence-electron chi connectivity index (χ4n) is 6.87. The van der Waals surface area contributed by atoms with Crippen LogP contribution in [0.4, 0.5) is 0 Å². The van der Waals surface area contributed by atoms with Crippen LogP contribution in [0.2, 0.25) is 0 Å². The molecule has 0 atom stereocenters. The summed E-state index contributed by atoms with van der Waals surface area (Å²) in [4.78, 5) is 24.7. The highest BCUT2D eigenvalue weighted by atomic mass is 16.5. The van der Waals surface area contributed by atoms with Gasteiger partial charge in [0, 0.05) is 12.8 Å². The number of hydrogen-bond acceptors (Lipinski definition) is 6. The van der Waals surface area contributed by atoms with Crippen molar-refractivity contribution in [3.05, 3.63) is 0 Å². The van der Waals surface area contributed by atoms with Crippen molar-refractivity contribution >= 4 is 11.9 Å². The standard InChI is InChI=1S/C42H84NO6/c1-3-5-7-9-11-13-15-17-19-21-23-25-27-29-31-41(46)48-39-35-43(33-37-44,34-38-45)36-40-49-42(47)32-30-28-26-24-22-20-18-16-14-12-10-8-6-4-2/h44-45H,3-40H2,1-2H3/q+1.